The maximum Gasteiger partial charge on any atom is 0.134 e. The van der Waals surface area contributed by atoms with Crippen LogP contribution in [0.4, 0.5) is 0 Å². The van der Waals surface area contributed by atoms with Gasteiger partial charge in [0.1, 0.15) is 5.78 Å². The molecule has 17 heavy (non-hydrogen) atoms. The Hall–Kier alpha value is 0.0200. The Labute approximate surface area is 112 Å². The van der Waals surface area contributed by atoms with Crippen molar-refractivity contribution in [3.8, 4) is 0 Å². The number of hydrogen-bond donors (Lipinski definition) is 1. The van der Waals surface area contributed by atoms with E-state index in [1.54, 1.807) is 0 Å². The van der Waals surface area contributed by atoms with Gasteiger partial charge in [0.25, 0.3) is 0 Å². The highest BCUT2D eigenvalue weighted by molar-refractivity contribution is 7.81. The van der Waals surface area contributed by atoms with Crippen molar-refractivity contribution in [2.24, 2.45) is 0 Å². The van der Waals surface area contributed by atoms with E-state index in [0.717, 1.165) is 19.3 Å². The van der Waals surface area contributed by atoms with Crippen molar-refractivity contribution in [3.63, 3.8) is 0 Å². The monoisotopic (exact) mass is 256 g/mol. The molecule has 0 radical (unpaired) electrons. The molecule has 0 spiro atoms. The molecule has 1 unspecified atom stereocenters. The summed E-state index contributed by atoms with van der Waals surface area (Å²) in [5, 5.41) is 0.313. The van der Waals surface area contributed by atoms with Gasteiger partial charge < -0.3 is 0 Å². The third-order valence-electron chi connectivity index (χ3n) is 3.71. The molecule has 0 aromatic rings. The Bertz CT molecular complexity index is 203. The number of thiol groups is 1. The fraction of sp³-hybridized carbons (Fsp3) is 0.933. The molecule has 1 nitrogen and oxygen atoms in total. The number of hydrogen-bond acceptors (Lipinski definition) is 2. The van der Waals surface area contributed by atoms with Gasteiger partial charge in [0, 0.05) is 18.1 Å². The third kappa shape index (κ3) is 8.70. The first-order valence-corrected chi connectivity index (χ1v) is 8.00. The van der Waals surface area contributed by atoms with Gasteiger partial charge in [0.2, 0.25) is 0 Å². The van der Waals surface area contributed by atoms with Crippen LogP contribution in [-0.4, -0.2) is 11.0 Å². The molecule has 0 heterocycles. The number of rotatable bonds is 0. The van der Waals surface area contributed by atoms with E-state index >= 15 is 0 Å². The van der Waals surface area contributed by atoms with Gasteiger partial charge in [-0.25, -0.2) is 0 Å². The maximum absolute atomic E-state index is 11.7. The molecular formula is C15H28OS. The number of ketones is 1. The molecule has 0 aliphatic heterocycles. The van der Waals surface area contributed by atoms with E-state index < -0.39 is 0 Å². The lowest BCUT2D eigenvalue weighted by atomic mass is 10.0. The van der Waals surface area contributed by atoms with Crippen molar-refractivity contribution in [2.45, 2.75) is 88.7 Å². The average molecular weight is 256 g/mol. The lowest BCUT2D eigenvalue weighted by molar-refractivity contribution is -0.119. The Morgan fingerprint density at radius 1 is 0.765 bits per heavy atom. The SMILES string of the molecule is O=C1CCCCCCCCCCCCC(S)C1. The Morgan fingerprint density at radius 3 is 1.82 bits per heavy atom. The summed E-state index contributed by atoms with van der Waals surface area (Å²) >= 11 is 4.53. The van der Waals surface area contributed by atoms with Crippen LogP contribution in [0.5, 0.6) is 0 Å². The molecule has 0 N–H and O–H groups in total. The summed E-state index contributed by atoms with van der Waals surface area (Å²) in [6.07, 6.45) is 15.8. The summed E-state index contributed by atoms with van der Waals surface area (Å²) in [4.78, 5) is 11.7. The standard InChI is InChI=1S/C15H28OS/c16-14-11-9-7-5-3-1-2-4-6-8-10-12-15(17)13-14/h15,17H,1-13H2. The van der Waals surface area contributed by atoms with E-state index in [1.807, 2.05) is 0 Å². The zero-order chi connectivity index (χ0) is 12.3. The van der Waals surface area contributed by atoms with Crippen LogP contribution in [0.3, 0.4) is 0 Å². The van der Waals surface area contributed by atoms with Gasteiger partial charge in [-0.1, -0.05) is 57.8 Å². The second-order valence-electron chi connectivity index (χ2n) is 5.47. The third-order valence-corrected chi connectivity index (χ3v) is 4.15. The molecule has 0 saturated heterocycles. The van der Waals surface area contributed by atoms with Crippen molar-refractivity contribution in [1.29, 1.82) is 0 Å². The van der Waals surface area contributed by atoms with Crippen LogP contribution in [0.2, 0.25) is 0 Å². The molecule has 1 saturated carbocycles. The van der Waals surface area contributed by atoms with E-state index in [0.29, 0.717) is 17.5 Å². The molecule has 2 heteroatoms. The molecule has 1 fully saturated rings. The van der Waals surface area contributed by atoms with Gasteiger partial charge in [-0.3, -0.25) is 4.79 Å². The van der Waals surface area contributed by atoms with Gasteiger partial charge in [-0.2, -0.15) is 12.6 Å². The van der Waals surface area contributed by atoms with E-state index in [4.69, 9.17) is 0 Å². The topological polar surface area (TPSA) is 17.1 Å². The van der Waals surface area contributed by atoms with Crippen molar-refractivity contribution < 1.29 is 4.79 Å². The summed E-state index contributed by atoms with van der Waals surface area (Å²) in [5.74, 6) is 0.430. The quantitative estimate of drug-likeness (QED) is 0.608. The number of carbonyl (C=O) groups is 1. The van der Waals surface area contributed by atoms with Crippen molar-refractivity contribution in [3.05, 3.63) is 0 Å². The van der Waals surface area contributed by atoms with Crippen LogP contribution in [0.25, 0.3) is 0 Å². The molecule has 0 amide bonds. The van der Waals surface area contributed by atoms with Crippen molar-refractivity contribution in [1.82, 2.24) is 0 Å². The molecule has 0 aromatic carbocycles. The Morgan fingerprint density at radius 2 is 1.24 bits per heavy atom. The van der Waals surface area contributed by atoms with Crippen LogP contribution in [-0.2, 0) is 4.79 Å². The fourth-order valence-corrected chi connectivity index (χ4v) is 2.97. The minimum Gasteiger partial charge on any atom is -0.300 e. The van der Waals surface area contributed by atoms with Gasteiger partial charge in [-0.15, -0.1) is 0 Å². The zero-order valence-corrected chi connectivity index (χ0v) is 12.0. The lowest BCUT2D eigenvalue weighted by Crippen LogP contribution is -2.08. The smallest absolute Gasteiger partial charge is 0.134 e. The van der Waals surface area contributed by atoms with Crippen LogP contribution in [0, 0.1) is 0 Å². The van der Waals surface area contributed by atoms with Crippen molar-refractivity contribution >= 4 is 18.4 Å². The highest BCUT2D eigenvalue weighted by atomic mass is 32.1. The molecule has 1 rings (SSSR count). The highest BCUT2D eigenvalue weighted by Crippen LogP contribution is 2.17. The van der Waals surface area contributed by atoms with Gasteiger partial charge >= 0.3 is 0 Å². The minimum absolute atomic E-state index is 0.313. The van der Waals surface area contributed by atoms with Gasteiger partial charge in [-0.05, 0) is 12.8 Å². The second kappa shape index (κ2) is 9.99. The first-order valence-electron chi connectivity index (χ1n) is 7.49. The number of Topliss-reactive ketones (excluding diaryl/α,β-unsaturated/α-hetero) is 1. The second-order valence-corrected chi connectivity index (χ2v) is 6.20. The minimum atomic E-state index is 0.313. The molecule has 0 bridgehead atoms. The van der Waals surface area contributed by atoms with E-state index in [1.165, 1.54) is 57.8 Å². The summed E-state index contributed by atoms with van der Waals surface area (Å²) in [5.41, 5.74) is 0. The predicted molar refractivity (Wildman–Crippen MR) is 77.8 cm³/mol. The molecule has 1 atom stereocenters. The normalized spacial score (nSPS) is 27.1. The largest absolute Gasteiger partial charge is 0.300 e. The summed E-state index contributed by atoms with van der Waals surface area (Å²) in [6.45, 7) is 0. The van der Waals surface area contributed by atoms with E-state index in [-0.39, 0.29) is 0 Å². The molecule has 100 valence electrons. The predicted octanol–water partition coefficient (Wildman–Crippen LogP) is 4.94. The van der Waals surface area contributed by atoms with E-state index in [2.05, 4.69) is 12.6 Å². The van der Waals surface area contributed by atoms with Crippen LogP contribution in [0.15, 0.2) is 0 Å². The first kappa shape index (κ1) is 15.1. The van der Waals surface area contributed by atoms with Gasteiger partial charge in [0.05, 0.1) is 0 Å². The molecule has 1 aliphatic carbocycles. The van der Waals surface area contributed by atoms with Crippen LogP contribution in [0.1, 0.15) is 83.5 Å². The van der Waals surface area contributed by atoms with Gasteiger partial charge in [0.15, 0.2) is 0 Å². The lowest BCUT2D eigenvalue weighted by Gasteiger charge is -2.09. The van der Waals surface area contributed by atoms with E-state index in [9.17, 15) is 4.79 Å². The maximum atomic E-state index is 11.7. The summed E-state index contributed by atoms with van der Waals surface area (Å²) in [7, 11) is 0. The van der Waals surface area contributed by atoms with Crippen LogP contribution < -0.4 is 0 Å². The van der Waals surface area contributed by atoms with Crippen LogP contribution >= 0.6 is 12.6 Å². The molecular weight excluding hydrogens is 228 g/mol. The molecule has 0 aromatic heterocycles. The Balaban J connectivity index is 2.23. The molecule has 1 aliphatic rings. The zero-order valence-electron chi connectivity index (χ0n) is 11.1. The number of carbonyl (C=O) groups excluding carboxylic acids is 1. The average Bonchev–Trinajstić information content (AvgIpc) is 2.30. The van der Waals surface area contributed by atoms with Crippen molar-refractivity contribution in [2.75, 3.05) is 0 Å². The Kier molecular flexibility index (Phi) is 8.86. The fourth-order valence-electron chi connectivity index (χ4n) is 2.58. The first-order chi connectivity index (χ1) is 8.29. The highest BCUT2D eigenvalue weighted by Gasteiger charge is 2.09. The summed E-state index contributed by atoms with van der Waals surface area (Å²) < 4.78 is 0. The summed E-state index contributed by atoms with van der Waals surface area (Å²) in [6, 6.07) is 0.